The first-order valence-corrected chi connectivity index (χ1v) is 6.15. The molecule has 94 valence electrons. The topological polar surface area (TPSA) is 101 Å². The van der Waals surface area contributed by atoms with Gasteiger partial charge >= 0.3 is 0 Å². The van der Waals surface area contributed by atoms with Gasteiger partial charge in [0.05, 0.1) is 0 Å². The number of halogens is 1. The number of carbonyl (C=O) groups is 1. The third kappa shape index (κ3) is 4.23. The summed E-state index contributed by atoms with van der Waals surface area (Å²) >= 11 is 6.87. The Morgan fingerprint density at radius 2 is 2.41 bits per heavy atom. The molecule has 0 radical (unpaired) electrons. The van der Waals surface area contributed by atoms with Gasteiger partial charge in [-0.2, -0.15) is 0 Å². The van der Waals surface area contributed by atoms with Gasteiger partial charge in [0.1, 0.15) is 0 Å². The van der Waals surface area contributed by atoms with Crippen LogP contribution in [0, 0.1) is 0 Å². The molecule has 0 saturated heterocycles. The monoisotopic (exact) mass is 278 g/mol. The minimum absolute atomic E-state index is 0.0148. The lowest BCUT2D eigenvalue weighted by Gasteiger charge is -2.01. The van der Waals surface area contributed by atoms with E-state index in [1.54, 1.807) is 6.92 Å². The maximum atomic E-state index is 11.0. The summed E-state index contributed by atoms with van der Waals surface area (Å²) in [6, 6.07) is 0. The van der Waals surface area contributed by atoms with Crippen LogP contribution in [0.1, 0.15) is 19.0 Å². The molecule has 7 nitrogen and oxygen atoms in total. The van der Waals surface area contributed by atoms with E-state index < -0.39 is 0 Å². The summed E-state index contributed by atoms with van der Waals surface area (Å²) in [5.74, 6) is 0.571. The maximum absolute atomic E-state index is 11.0. The molecule has 0 fully saturated rings. The highest BCUT2D eigenvalue weighted by molar-refractivity contribution is 7.99. The normalized spacial score (nSPS) is 11.5. The van der Waals surface area contributed by atoms with Crippen LogP contribution in [0.15, 0.2) is 14.8 Å². The van der Waals surface area contributed by atoms with Gasteiger partial charge in [-0.1, -0.05) is 35.4 Å². The predicted octanol–water partition coefficient (Wildman–Crippen LogP) is 1.06. The molecule has 0 unspecified atom stereocenters. The first-order chi connectivity index (χ1) is 8.19. The van der Waals surface area contributed by atoms with Gasteiger partial charge in [0.15, 0.2) is 15.9 Å². The quantitative estimate of drug-likeness (QED) is 0.265. The van der Waals surface area contributed by atoms with Crippen LogP contribution in [0.25, 0.3) is 0 Å². The van der Waals surface area contributed by atoms with Crippen molar-refractivity contribution in [2.75, 3.05) is 12.3 Å². The SMILES string of the molecule is CCC(=O)NCCSc1nonc1/C(Cl)=N/O. The van der Waals surface area contributed by atoms with Crippen LogP contribution in [-0.4, -0.2) is 38.9 Å². The average molecular weight is 279 g/mol. The molecule has 0 spiro atoms. The molecular formula is C8H11ClN4O3S. The summed E-state index contributed by atoms with van der Waals surface area (Å²) in [6.07, 6.45) is 0.449. The van der Waals surface area contributed by atoms with Gasteiger partial charge in [-0.05, 0) is 10.3 Å². The van der Waals surface area contributed by atoms with E-state index in [-0.39, 0.29) is 16.8 Å². The maximum Gasteiger partial charge on any atom is 0.219 e. The summed E-state index contributed by atoms with van der Waals surface area (Å²) in [4.78, 5) is 11.0. The van der Waals surface area contributed by atoms with Crippen molar-refractivity contribution in [3.8, 4) is 0 Å². The second-order valence-electron chi connectivity index (χ2n) is 2.86. The van der Waals surface area contributed by atoms with Crippen LogP contribution in [-0.2, 0) is 4.79 Å². The van der Waals surface area contributed by atoms with Crippen molar-refractivity contribution in [3.63, 3.8) is 0 Å². The molecule has 0 atom stereocenters. The highest BCUT2D eigenvalue weighted by Gasteiger charge is 2.15. The van der Waals surface area contributed by atoms with Gasteiger partial charge < -0.3 is 10.5 Å². The third-order valence-electron chi connectivity index (χ3n) is 1.73. The number of nitrogens with one attached hydrogen (secondary N) is 1. The van der Waals surface area contributed by atoms with Crippen LogP contribution in [0.4, 0.5) is 0 Å². The number of oxime groups is 1. The zero-order valence-electron chi connectivity index (χ0n) is 9.01. The first-order valence-electron chi connectivity index (χ1n) is 4.79. The molecular weight excluding hydrogens is 268 g/mol. The second kappa shape index (κ2) is 7.13. The zero-order chi connectivity index (χ0) is 12.7. The van der Waals surface area contributed by atoms with Crippen molar-refractivity contribution in [1.29, 1.82) is 0 Å². The van der Waals surface area contributed by atoms with Crippen molar-refractivity contribution in [3.05, 3.63) is 5.69 Å². The van der Waals surface area contributed by atoms with E-state index in [9.17, 15) is 4.79 Å². The molecule has 2 N–H and O–H groups in total. The fraction of sp³-hybridized carbons (Fsp3) is 0.500. The molecule has 1 aromatic rings. The van der Waals surface area contributed by atoms with E-state index in [2.05, 4.69) is 25.4 Å². The van der Waals surface area contributed by atoms with E-state index >= 15 is 0 Å². The van der Waals surface area contributed by atoms with Gasteiger partial charge in [0, 0.05) is 18.7 Å². The van der Waals surface area contributed by atoms with Gasteiger partial charge in [0.2, 0.25) is 5.91 Å². The molecule has 0 aliphatic carbocycles. The molecule has 1 rings (SSSR count). The van der Waals surface area contributed by atoms with Crippen LogP contribution >= 0.6 is 23.4 Å². The van der Waals surface area contributed by atoms with E-state index in [4.69, 9.17) is 16.8 Å². The Hall–Kier alpha value is -1.28. The Balaban J connectivity index is 2.42. The van der Waals surface area contributed by atoms with Gasteiger partial charge in [-0.25, -0.2) is 4.63 Å². The zero-order valence-corrected chi connectivity index (χ0v) is 10.6. The summed E-state index contributed by atoms with van der Waals surface area (Å²) in [7, 11) is 0. The number of thioether (sulfide) groups is 1. The van der Waals surface area contributed by atoms with E-state index in [0.29, 0.717) is 23.7 Å². The lowest BCUT2D eigenvalue weighted by molar-refractivity contribution is -0.120. The van der Waals surface area contributed by atoms with E-state index in [0.717, 1.165) is 0 Å². The lowest BCUT2D eigenvalue weighted by Crippen LogP contribution is -2.24. The summed E-state index contributed by atoms with van der Waals surface area (Å²) in [6.45, 7) is 2.27. The first kappa shape index (κ1) is 13.8. The Labute approximate surface area is 107 Å². The highest BCUT2D eigenvalue weighted by Crippen LogP contribution is 2.20. The van der Waals surface area contributed by atoms with Crippen LogP contribution in [0.2, 0.25) is 0 Å². The average Bonchev–Trinajstić information content (AvgIpc) is 2.81. The van der Waals surface area contributed by atoms with Gasteiger partial charge in [0.25, 0.3) is 0 Å². The molecule has 17 heavy (non-hydrogen) atoms. The molecule has 0 aliphatic rings. The minimum atomic E-state index is -0.189. The Kier molecular flexibility index (Phi) is 5.78. The predicted molar refractivity (Wildman–Crippen MR) is 62.5 cm³/mol. The largest absolute Gasteiger partial charge is 0.410 e. The Morgan fingerprint density at radius 3 is 3.06 bits per heavy atom. The Bertz CT molecular complexity index is 409. The van der Waals surface area contributed by atoms with Gasteiger partial charge in [-0.15, -0.1) is 0 Å². The van der Waals surface area contributed by atoms with Crippen LogP contribution < -0.4 is 5.32 Å². The Morgan fingerprint density at radius 1 is 1.65 bits per heavy atom. The van der Waals surface area contributed by atoms with Crippen LogP contribution in [0.5, 0.6) is 0 Å². The molecule has 9 heteroatoms. The number of hydrogen-bond acceptors (Lipinski definition) is 7. The second-order valence-corrected chi connectivity index (χ2v) is 4.30. The molecule has 1 amide bonds. The standard InChI is InChI=1S/C8H11ClN4O3S/c1-2-5(14)10-3-4-17-8-6(7(9)11-15)12-16-13-8/h15H,2-4H2,1H3,(H,10,14)/b11-7-. The smallest absolute Gasteiger partial charge is 0.219 e. The fourth-order valence-corrected chi connectivity index (χ4v) is 1.85. The highest BCUT2D eigenvalue weighted by atomic mass is 35.5. The number of amides is 1. The summed E-state index contributed by atoms with van der Waals surface area (Å²) in [5, 5.41) is 21.3. The van der Waals surface area contributed by atoms with Crippen molar-refractivity contribution in [1.82, 2.24) is 15.6 Å². The van der Waals surface area contributed by atoms with E-state index in [1.807, 2.05) is 0 Å². The molecule has 0 saturated carbocycles. The number of hydrogen-bond donors (Lipinski definition) is 2. The van der Waals surface area contributed by atoms with Crippen molar-refractivity contribution < 1.29 is 14.6 Å². The number of aromatic nitrogens is 2. The number of rotatable bonds is 6. The fourth-order valence-electron chi connectivity index (χ4n) is 0.912. The van der Waals surface area contributed by atoms with Crippen molar-refractivity contribution >= 4 is 34.4 Å². The molecule has 1 heterocycles. The van der Waals surface area contributed by atoms with Crippen molar-refractivity contribution in [2.45, 2.75) is 18.4 Å². The molecule has 1 aromatic heterocycles. The number of nitrogens with zero attached hydrogens (tertiary/aromatic N) is 3. The van der Waals surface area contributed by atoms with Crippen LogP contribution in [0.3, 0.4) is 0 Å². The van der Waals surface area contributed by atoms with E-state index in [1.165, 1.54) is 11.8 Å². The number of carbonyl (C=O) groups excluding carboxylic acids is 1. The third-order valence-corrected chi connectivity index (χ3v) is 2.93. The molecule has 0 aromatic carbocycles. The van der Waals surface area contributed by atoms with Crippen molar-refractivity contribution in [2.24, 2.45) is 5.16 Å². The minimum Gasteiger partial charge on any atom is -0.410 e. The van der Waals surface area contributed by atoms with Gasteiger partial charge in [-0.3, -0.25) is 4.79 Å². The summed E-state index contributed by atoms with van der Waals surface area (Å²) in [5.41, 5.74) is 0.181. The lowest BCUT2D eigenvalue weighted by atomic mass is 10.4. The molecule has 0 aliphatic heterocycles. The summed E-state index contributed by atoms with van der Waals surface area (Å²) < 4.78 is 4.48. The molecule has 0 bridgehead atoms.